The zero-order valence-corrected chi connectivity index (χ0v) is 9.80. The van der Waals surface area contributed by atoms with Gasteiger partial charge in [0.1, 0.15) is 0 Å². The molecule has 13 heavy (non-hydrogen) atoms. The predicted octanol–water partition coefficient (Wildman–Crippen LogP) is 1.67. The van der Waals surface area contributed by atoms with E-state index in [1.54, 1.807) is 0 Å². The van der Waals surface area contributed by atoms with Crippen LogP contribution in [-0.4, -0.2) is 49.1 Å². The zero-order chi connectivity index (χ0) is 10.1. The first-order chi connectivity index (χ1) is 5.91. The van der Waals surface area contributed by atoms with E-state index >= 15 is 0 Å². The molecule has 0 aromatic heterocycles. The number of hydrogen-bond acceptors (Lipinski definition) is 2. The highest BCUT2D eigenvalue weighted by atomic mass is 15.3. The maximum atomic E-state index is 2.61. The Balaban J connectivity index is 2.45. The van der Waals surface area contributed by atoms with Crippen LogP contribution in [0.4, 0.5) is 0 Å². The summed E-state index contributed by atoms with van der Waals surface area (Å²) in [6, 6.07) is 0.696. The molecule has 1 aliphatic rings. The van der Waals surface area contributed by atoms with Crippen molar-refractivity contribution in [3.8, 4) is 0 Å². The molecule has 0 amide bonds. The van der Waals surface area contributed by atoms with Crippen LogP contribution in [0.15, 0.2) is 0 Å². The van der Waals surface area contributed by atoms with Gasteiger partial charge in [-0.05, 0) is 19.4 Å². The molecule has 2 nitrogen and oxygen atoms in total. The van der Waals surface area contributed by atoms with E-state index < -0.39 is 0 Å². The van der Waals surface area contributed by atoms with Crippen molar-refractivity contribution in [1.29, 1.82) is 0 Å². The number of rotatable bonds is 1. The molecule has 1 atom stereocenters. The summed E-state index contributed by atoms with van der Waals surface area (Å²) in [7, 11) is 2.21. The molecule has 1 aliphatic heterocycles. The average molecular weight is 184 g/mol. The standard InChI is InChI=1S/C11H24N2/c1-10(11(2,3)4)13-8-6-12(5)7-9-13/h10H,6-9H2,1-5H3. The Morgan fingerprint density at radius 1 is 1.00 bits per heavy atom. The highest BCUT2D eigenvalue weighted by Gasteiger charge is 2.27. The molecule has 0 aromatic rings. The topological polar surface area (TPSA) is 6.48 Å². The van der Waals surface area contributed by atoms with E-state index in [-0.39, 0.29) is 0 Å². The van der Waals surface area contributed by atoms with Gasteiger partial charge in [-0.15, -0.1) is 0 Å². The molecule has 1 rings (SSSR count). The molecule has 2 heteroatoms. The molecule has 0 spiro atoms. The minimum absolute atomic E-state index is 0.413. The summed E-state index contributed by atoms with van der Waals surface area (Å²) in [4.78, 5) is 5.02. The summed E-state index contributed by atoms with van der Waals surface area (Å²) >= 11 is 0. The van der Waals surface area contributed by atoms with Crippen molar-refractivity contribution in [3.05, 3.63) is 0 Å². The Bertz CT molecular complexity index is 152. The van der Waals surface area contributed by atoms with Gasteiger partial charge in [0.15, 0.2) is 0 Å². The molecule has 0 radical (unpaired) electrons. The van der Waals surface area contributed by atoms with Gasteiger partial charge in [0.25, 0.3) is 0 Å². The van der Waals surface area contributed by atoms with Crippen LogP contribution in [0.2, 0.25) is 0 Å². The minimum Gasteiger partial charge on any atom is -0.304 e. The fourth-order valence-corrected chi connectivity index (χ4v) is 1.76. The highest BCUT2D eigenvalue weighted by Crippen LogP contribution is 2.24. The molecule has 78 valence electrons. The van der Waals surface area contributed by atoms with E-state index in [4.69, 9.17) is 0 Å². The Morgan fingerprint density at radius 2 is 1.46 bits per heavy atom. The molecule has 0 aliphatic carbocycles. The fourth-order valence-electron chi connectivity index (χ4n) is 1.76. The van der Waals surface area contributed by atoms with Gasteiger partial charge in [-0.2, -0.15) is 0 Å². The first kappa shape index (κ1) is 11.0. The number of piperazine rings is 1. The van der Waals surface area contributed by atoms with Crippen molar-refractivity contribution >= 4 is 0 Å². The van der Waals surface area contributed by atoms with E-state index in [9.17, 15) is 0 Å². The normalized spacial score (nSPS) is 24.7. The molecular formula is C11H24N2. The third kappa shape index (κ3) is 2.96. The maximum absolute atomic E-state index is 2.61. The Morgan fingerprint density at radius 3 is 1.85 bits per heavy atom. The number of hydrogen-bond donors (Lipinski definition) is 0. The predicted molar refractivity (Wildman–Crippen MR) is 58.0 cm³/mol. The Hall–Kier alpha value is -0.0800. The van der Waals surface area contributed by atoms with Gasteiger partial charge in [-0.3, -0.25) is 4.90 Å². The fraction of sp³-hybridized carbons (Fsp3) is 1.00. The van der Waals surface area contributed by atoms with Crippen molar-refractivity contribution in [2.75, 3.05) is 33.2 Å². The van der Waals surface area contributed by atoms with E-state index in [0.29, 0.717) is 11.5 Å². The van der Waals surface area contributed by atoms with E-state index in [1.165, 1.54) is 26.2 Å². The molecule has 1 saturated heterocycles. The van der Waals surface area contributed by atoms with Crippen LogP contribution in [0.1, 0.15) is 27.7 Å². The molecule has 1 heterocycles. The monoisotopic (exact) mass is 184 g/mol. The Kier molecular flexibility index (Phi) is 3.36. The lowest BCUT2D eigenvalue weighted by molar-refractivity contribution is 0.0641. The molecule has 1 unspecified atom stereocenters. The highest BCUT2D eigenvalue weighted by molar-refractivity contribution is 4.82. The quantitative estimate of drug-likeness (QED) is 0.611. The van der Waals surface area contributed by atoms with Crippen LogP contribution < -0.4 is 0 Å². The lowest BCUT2D eigenvalue weighted by Crippen LogP contribution is -2.51. The summed E-state index contributed by atoms with van der Waals surface area (Å²) in [6.07, 6.45) is 0. The van der Waals surface area contributed by atoms with Crippen molar-refractivity contribution in [3.63, 3.8) is 0 Å². The summed E-state index contributed by atoms with van der Waals surface area (Å²) in [5.74, 6) is 0. The summed E-state index contributed by atoms with van der Waals surface area (Å²) < 4.78 is 0. The van der Waals surface area contributed by atoms with Crippen molar-refractivity contribution in [2.45, 2.75) is 33.7 Å². The van der Waals surface area contributed by atoms with E-state index in [2.05, 4.69) is 44.5 Å². The molecule has 0 bridgehead atoms. The smallest absolute Gasteiger partial charge is 0.0116 e. The zero-order valence-electron chi connectivity index (χ0n) is 9.80. The largest absolute Gasteiger partial charge is 0.304 e. The van der Waals surface area contributed by atoms with Crippen LogP contribution in [0.3, 0.4) is 0 Å². The van der Waals surface area contributed by atoms with E-state index in [0.717, 1.165) is 0 Å². The molecule has 1 fully saturated rings. The Labute approximate surface area is 82.9 Å². The molecular weight excluding hydrogens is 160 g/mol. The first-order valence-electron chi connectivity index (χ1n) is 5.34. The minimum atomic E-state index is 0.413. The second-order valence-corrected chi connectivity index (χ2v) is 5.38. The first-order valence-corrected chi connectivity index (χ1v) is 5.34. The van der Waals surface area contributed by atoms with Gasteiger partial charge in [0.2, 0.25) is 0 Å². The average Bonchev–Trinajstić information content (AvgIpc) is 2.03. The van der Waals surface area contributed by atoms with E-state index in [1.807, 2.05) is 0 Å². The number of nitrogens with zero attached hydrogens (tertiary/aromatic N) is 2. The third-order valence-corrected chi connectivity index (χ3v) is 3.34. The van der Waals surface area contributed by atoms with Crippen LogP contribution in [0, 0.1) is 5.41 Å². The summed E-state index contributed by atoms with van der Waals surface area (Å²) in [5, 5.41) is 0. The number of likely N-dealkylation sites (N-methyl/N-ethyl adjacent to an activating group) is 1. The summed E-state index contributed by atoms with van der Waals surface area (Å²) in [5.41, 5.74) is 0.413. The second kappa shape index (κ2) is 3.97. The molecule has 0 aromatic carbocycles. The summed E-state index contributed by atoms with van der Waals surface area (Å²) in [6.45, 7) is 14.2. The van der Waals surface area contributed by atoms with Gasteiger partial charge in [0.05, 0.1) is 0 Å². The van der Waals surface area contributed by atoms with Gasteiger partial charge in [-0.1, -0.05) is 20.8 Å². The molecule has 0 saturated carbocycles. The third-order valence-electron chi connectivity index (χ3n) is 3.34. The van der Waals surface area contributed by atoms with Crippen molar-refractivity contribution < 1.29 is 0 Å². The van der Waals surface area contributed by atoms with Crippen LogP contribution in [-0.2, 0) is 0 Å². The van der Waals surface area contributed by atoms with Crippen molar-refractivity contribution in [1.82, 2.24) is 9.80 Å². The lowest BCUT2D eigenvalue weighted by atomic mass is 9.86. The van der Waals surface area contributed by atoms with Gasteiger partial charge >= 0.3 is 0 Å². The van der Waals surface area contributed by atoms with Crippen LogP contribution in [0.5, 0.6) is 0 Å². The van der Waals surface area contributed by atoms with Crippen LogP contribution in [0.25, 0.3) is 0 Å². The molecule has 0 N–H and O–H groups in total. The van der Waals surface area contributed by atoms with Gasteiger partial charge in [0, 0.05) is 32.2 Å². The van der Waals surface area contributed by atoms with Gasteiger partial charge < -0.3 is 4.90 Å². The lowest BCUT2D eigenvalue weighted by Gasteiger charge is -2.42. The maximum Gasteiger partial charge on any atom is 0.0116 e. The van der Waals surface area contributed by atoms with Crippen LogP contribution >= 0.6 is 0 Å². The second-order valence-electron chi connectivity index (χ2n) is 5.38. The SMILES string of the molecule is CC(N1CCN(C)CC1)C(C)(C)C. The van der Waals surface area contributed by atoms with Crippen molar-refractivity contribution in [2.24, 2.45) is 5.41 Å². The van der Waals surface area contributed by atoms with Gasteiger partial charge in [-0.25, -0.2) is 0 Å².